The Hall–Kier alpha value is -1.89. The van der Waals surface area contributed by atoms with E-state index in [0.29, 0.717) is 0 Å². The molecule has 1 aliphatic rings. The van der Waals surface area contributed by atoms with E-state index in [1.807, 2.05) is 12.1 Å². The van der Waals surface area contributed by atoms with Gasteiger partial charge < -0.3 is 0 Å². The summed E-state index contributed by atoms with van der Waals surface area (Å²) in [5, 5.41) is 4.46. The fourth-order valence-corrected chi connectivity index (χ4v) is 4.06. The number of benzene rings is 3. The van der Waals surface area contributed by atoms with Crippen molar-refractivity contribution < 1.29 is 4.39 Å². The van der Waals surface area contributed by atoms with Gasteiger partial charge in [0.2, 0.25) is 0 Å². The quantitative estimate of drug-likeness (QED) is 0.468. The molecule has 0 bridgehead atoms. The van der Waals surface area contributed by atoms with Crippen LogP contribution in [-0.2, 0) is 12.8 Å². The maximum atomic E-state index is 14.4. The third-order valence-corrected chi connectivity index (χ3v) is 5.10. The first-order valence-electron chi connectivity index (χ1n) is 7.80. The number of halogens is 1. The summed E-state index contributed by atoms with van der Waals surface area (Å²) in [6, 6.07) is 9.96. The van der Waals surface area contributed by atoms with Crippen LogP contribution in [0.4, 0.5) is 4.39 Å². The van der Waals surface area contributed by atoms with Crippen LogP contribution in [0.25, 0.3) is 21.5 Å². The molecule has 0 aliphatic heterocycles. The van der Waals surface area contributed by atoms with Gasteiger partial charge in [-0.3, -0.25) is 0 Å². The molecule has 0 heterocycles. The molecular weight excluding hydrogens is 259 g/mol. The Morgan fingerprint density at radius 3 is 2.43 bits per heavy atom. The molecule has 1 aliphatic carbocycles. The highest BCUT2D eigenvalue weighted by atomic mass is 19.1. The average Bonchev–Trinajstić information content (AvgIpc) is 2.51. The van der Waals surface area contributed by atoms with E-state index in [1.54, 1.807) is 6.07 Å². The molecule has 0 aromatic heterocycles. The van der Waals surface area contributed by atoms with Gasteiger partial charge in [-0.15, -0.1) is 0 Å². The van der Waals surface area contributed by atoms with Gasteiger partial charge in [0.15, 0.2) is 0 Å². The number of hydrogen-bond donors (Lipinski definition) is 0. The van der Waals surface area contributed by atoms with E-state index < -0.39 is 0 Å². The van der Waals surface area contributed by atoms with E-state index >= 15 is 0 Å². The number of fused-ring (bicyclic) bond motifs is 4. The van der Waals surface area contributed by atoms with Crippen molar-refractivity contribution in [2.24, 2.45) is 0 Å². The molecule has 0 N–H and O–H groups in total. The summed E-state index contributed by atoms with van der Waals surface area (Å²) in [6.07, 6.45) is 4.82. The molecule has 3 aromatic carbocycles. The molecular formula is C20H19F. The highest BCUT2D eigenvalue weighted by Crippen LogP contribution is 2.38. The fraction of sp³-hybridized carbons (Fsp3) is 0.300. The lowest BCUT2D eigenvalue weighted by Crippen LogP contribution is -2.05. The second kappa shape index (κ2) is 4.56. The van der Waals surface area contributed by atoms with Crippen molar-refractivity contribution in [1.29, 1.82) is 0 Å². The zero-order chi connectivity index (χ0) is 14.6. The number of hydrogen-bond acceptors (Lipinski definition) is 0. The normalized spacial score (nSPS) is 14.6. The van der Waals surface area contributed by atoms with Gasteiger partial charge in [-0.05, 0) is 84.0 Å². The molecule has 4 rings (SSSR count). The van der Waals surface area contributed by atoms with Gasteiger partial charge >= 0.3 is 0 Å². The van der Waals surface area contributed by atoms with Gasteiger partial charge in [0.25, 0.3) is 0 Å². The van der Waals surface area contributed by atoms with E-state index in [4.69, 9.17) is 0 Å². The van der Waals surface area contributed by atoms with E-state index in [-0.39, 0.29) is 5.82 Å². The van der Waals surface area contributed by atoms with Crippen LogP contribution in [0.5, 0.6) is 0 Å². The molecule has 0 fully saturated rings. The Morgan fingerprint density at radius 1 is 0.810 bits per heavy atom. The highest BCUT2D eigenvalue weighted by molar-refractivity contribution is 6.07. The minimum Gasteiger partial charge on any atom is -0.206 e. The molecule has 106 valence electrons. The molecule has 0 atom stereocenters. The summed E-state index contributed by atoms with van der Waals surface area (Å²) >= 11 is 0. The van der Waals surface area contributed by atoms with Gasteiger partial charge in [-0.2, -0.15) is 0 Å². The summed E-state index contributed by atoms with van der Waals surface area (Å²) in [4.78, 5) is 0. The molecule has 21 heavy (non-hydrogen) atoms. The van der Waals surface area contributed by atoms with Gasteiger partial charge in [-0.1, -0.05) is 24.3 Å². The Kier molecular flexibility index (Phi) is 2.78. The second-order valence-electron chi connectivity index (χ2n) is 6.25. The van der Waals surface area contributed by atoms with Gasteiger partial charge in [0.05, 0.1) is 0 Å². The largest absolute Gasteiger partial charge is 0.206 e. The SMILES string of the molecule is Cc1c2cccc(F)c2c(C)c2c3c(ccc12)CCCC3. The van der Waals surface area contributed by atoms with Crippen LogP contribution in [0.3, 0.4) is 0 Å². The van der Waals surface area contributed by atoms with E-state index in [2.05, 4.69) is 26.0 Å². The monoisotopic (exact) mass is 278 g/mol. The molecule has 1 heteroatoms. The molecule has 3 aromatic rings. The van der Waals surface area contributed by atoms with E-state index in [0.717, 1.165) is 22.8 Å². The fourth-order valence-electron chi connectivity index (χ4n) is 4.06. The Balaban J connectivity index is 2.26. The van der Waals surface area contributed by atoms with Crippen LogP contribution < -0.4 is 0 Å². The molecule has 0 radical (unpaired) electrons. The maximum absolute atomic E-state index is 14.4. The van der Waals surface area contributed by atoms with Crippen LogP contribution in [0, 0.1) is 19.7 Å². The van der Waals surface area contributed by atoms with Crippen LogP contribution in [0.2, 0.25) is 0 Å². The average molecular weight is 278 g/mol. The Morgan fingerprint density at radius 2 is 1.57 bits per heavy atom. The maximum Gasteiger partial charge on any atom is 0.131 e. The predicted molar refractivity (Wildman–Crippen MR) is 87.5 cm³/mol. The van der Waals surface area contributed by atoms with Gasteiger partial charge in [0, 0.05) is 5.39 Å². The molecule has 0 amide bonds. The van der Waals surface area contributed by atoms with Crippen molar-refractivity contribution in [3.05, 3.63) is 58.4 Å². The zero-order valence-electron chi connectivity index (χ0n) is 12.6. The lowest BCUT2D eigenvalue weighted by Gasteiger charge is -2.21. The molecule has 0 saturated heterocycles. The lowest BCUT2D eigenvalue weighted by molar-refractivity contribution is 0.639. The van der Waals surface area contributed by atoms with Gasteiger partial charge in [-0.25, -0.2) is 4.39 Å². The molecule has 0 saturated carbocycles. The molecule has 0 spiro atoms. The molecule has 0 nitrogen and oxygen atoms in total. The topological polar surface area (TPSA) is 0 Å². The number of aryl methyl sites for hydroxylation is 4. The minimum absolute atomic E-state index is 0.0941. The third kappa shape index (κ3) is 1.73. The van der Waals surface area contributed by atoms with Crippen molar-refractivity contribution >= 4 is 21.5 Å². The summed E-state index contributed by atoms with van der Waals surface area (Å²) < 4.78 is 14.4. The van der Waals surface area contributed by atoms with Gasteiger partial charge in [0.1, 0.15) is 5.82 Å². The molecule has 0 unspecified atom stereocenters. The highest BCUT2D eigenvalue weighted by Gasteiger charge is 2.18. The van der Waals surface area contributed by atoms with Crippen molar-refractivity contribution in [2.75, 3.05) is 0 Å². The van der Waals surface area contributed by atoms with Crippen LogP contribution >= 0.6 is 0 Å². The Labute approximate surface area is 124 Å². The first-order valence-corrected chi connectivity index (χ1v) is 7.80. The standard InChI is InChI=1S/C20H19F/c1-12-15-8-5-9-18(21)20(15)13(2)19-16(12)11-10-14-6-3-4-7-17(14)19/h5,8-11H,3-4,6-7H2,1-2H3. The van der Waals surface area contributed by atoms with Crippen LogP contribution in [-0.4, -0.2) is 0 Å². The summed E-state index contributed by atoms with van der Waals surface area (Å²) in [5.74, 6) is -0.0941. The summed E-state index contributed by atoms with van der Waals surface area (Å²) in [5.41, 5.74) is 5.25. The van der Waals surface area contributed by atoms with Crippen molar-refractivity contribution in [1.82, 2.24) is 0 Å². The smallest absolute Gasteiger partial charge is 0.131 e. The predicted octanol–water partition coefficient (Wildman–Crippen LogP) is 5.63. The first kappa shape index (κ1) is 12.8. The van der Waals surface area contributed by atoms with E-state index in [9.17, 15) is 4.39 Å². The van der Waals surface area contributed by atoms with Crippen molar-refractivity contribution in [3.8, 4) is 0 Å². The lowest BCUT2D eigenvalue weighted by atomic mass is 9.83. The minimum atomic E-state index is -0.0941. The van der Waals surface area contributed by atoms with Crippen LogP contribution in [0.1, 0.15) is 35.1 Å². The second-order valence-corrected chi connectivity index (χ2v) is 6.25. The summed E-state index contributed by atoms with van der Waals surface area (Å²) in [7, 11) is 0. The Bertz CT molecular complexity index is 874. The van der Waals surface area contributed by atoms with E-state index in [1.165, 1.54) is 46.7 Å². The third-order valence-electron chi connectivity index (χ3n) is 5.10. The first-order chi connectivity index (χ1) is 10.2. The van der Waals surface area contributed by atoms with Crippen LogP contribution in [0.15, 0.2) is 30.3 Å². The summed E-state index contributed by atoms with van der Waals surface area (Å²) in [6.45, 7) is 4.21. The number of rotatable bonds is 0. The zero-order valence-corrected chi connectivity index (χ0v) is 12.6. The van der Waals surface area contributed by atoms with Crippen molar-refractivity contribution in [3.63, 3.8) is 0 Å². The van der Waals surface area contributed by atoms with Crippen molar-refractivity contribution in [2.45, 2.75) is 39.5 Å².